The number of rotatable bonds is 2. The van der Waals surface area contributed by atoms with Crippen molar-refractivity contribution in [3.05, 3.63) is 22.1 Å². The normalized spacial score (nSPS) is 12.0. The molecule has 5 nitrogen and oxygen atoms in total. The van der Waals surface area contributed by atoms with Gasteiger partial charge in [-0.2, -0.15) is 0 Å². The molecule has 0 aromatic carbocycles. The van der Waals surface area contributed by atoms with Crippen LogP contribution in [0.25, 0.3) is 0 Å². The summed E-state index contributed by atoms with van der Waals surface area (Å²) >= 11 is 0. The number of hydrogen-bond donors (Lipinski definition) is 2. The van der Waals surface area contributed by atoms with Crippen LogP contribution in [0.5, 0.6) is 0 Å². The summed E-state index contributed by atoms with van der Waals surface area (Å²) in [6.45, 7) is 0. The molecule has 0 amide bonds. The molecule has 0 atom stereocenters. The van der Waals surface area contributed by atoms with Gasteiger partial charge in [-0.05, 0) is 0 Å². The van der Waals surface area contributed by atoms with Crippen LogP contribution >= 0.6 is 10.7 Å². The second-order valence-corrected chi connectivity index (χ2v) is 5.06. The van der Waals surface area contributed by atoms with E-state index in [1.54, 1.807) is 0 Å². The molecule has 1 rings (SSSR count). The van der Waals surface area contributed by atoms with Crippen LogP contribution in [-0.2, 0) is 9.05 Å². The Hall–Kier alpha value is -1.15. The largest absolute Gasteiger partial charge is 0.393 e. The van der Waals surface area contributed by atoms with Gasteiger partial charge in [-0.3, -0.25) is 4.79 Å². The quantitative estimate of drug-likeness (QED) is 0.768. The number of nitrogen functional groups attached to an aromatic ring is 1. The van der Waals surface area contributed by atoms with Gasteiger partial charge in [-0.15, -0.1) is 0 Å². The second kappa shape index (κ2) is 3.78. The SMILES string of the molecule is Nc1c(S(=O)(=O)Cl)c(C(F)F)c[nH]c1=O. The van der Waals surface area contributed by atoms with Crippen LogP contribution in [0.3, 0.4) is 0 Å². The van der Waals surface area contributed by atoms with E-state index in [2.05, 4.69) is 0 Å². The molecular weight excluding hydrogens is 254 g/mol. The third-order valence-corrected chi connectivity index (χ3v) is 3.00. The van der Waals surface area contributed by atoms with Gasteiger partial charge in [-0.25, -0.2) is 17.2 Å². The zero-order chi connectivity index (χ0) is 11.8. The first-order chi connectivity index (χ1) is 6.75. The van der Waals surface area contributed by atoms with Gasteiger partial charge >= 0.3 is 0 Å². The molecule has 1 aromatic rings. The van der Waals surface area contributed by atoms with Gasteiger partial charge in [0.15, 0.2) is 0 Å². The summed E-state index contributed by atoms with van der Waals surface area (Å²) in [6.07, 6.45) is -2.54. The summed E-state index contributed by atoms with van der Waals surface area (Å²) < 4.78 is 46.6. The van der Waals surface area contributed by atoms with Crippen LogP contribution in [0.1, 0.15) is 12.0 Å². The van der Waals surface area contributed by atoms with Crippen LogP contribution in [-0.4, -0.2) is 13.4 Å². The molecule has 15 heavy (non-hydrogen) atoms. The molecule has 1 aromatic heterocycles. The Kier molecular flexibility index (Phi) is 3.00. The number of H-pyrrole nitrogens is 1. The number of aromatic amines is 1. The fourth-order valence-corrected chi connectivity index (χ4v) is 2.28. The minimum absolute atomic E-state index is 0.568. The van der Waals surface area contributed by atoms with Crippen molar-refractivity contribution >= 4 is 25.4 Å². The molecular formula is C6H5ClF2N2O3S. The van der Waals surface area contributed by atoms with Gasteiger partial charge in [0.25, 0.3) is 21.0 Å². The van der Waals surface area contributed by atoms with Crippen molar-refractivity contribution in [1.82, 2.24) is 4.98 Å². The Balaban J connectivity index is 3.73. The van der Waals surface area contributed by atoms with E-state index in [-0.39, 0.29) is 0 Å². The molecule has 0 unspecified atom stereocenters. The number of pyridine rings is 1. The molecule has 0 saturated heterocycles. The third-order valence-electron chi connectivity index (χ3n) is 1.59. The highest BCUT2D eigenvalue weighted by Crippen LogP contribution is 2.30. The third kappa shape index (κ3) is 2.26. The predicted molar refractivity (Wildman–Crippen MR) is 49.5 cm³/mol. The average molecular weight is 259 g/mol. The molecule has 0 bridgehead atoms. The van der Waals surface area contributed by atoms with E-state index in [9.17, 15) is 22.0 Å². The minimum atomic E-state index is -4.48. The zero-order valence-electron chi connectivity index (χ0n) is 7.00. The van der Waals surface area contributed by atoms with E-state index >= 15 is 0 Å². The molecule has 0 spiro atoms. The first kappa shape index (κ1) is 11.9. The Labute approximate surface area is 87.3 Å². The van der Waals surface area contributed by atoms with Crippen LogP contribution in [0.2, 0.25) is 0 Å². The molecule has 0 aliphatic rings. The molecule has 0 aliphatic heterocycles. The molecule has 0 saturated carbocycles. The number of nitrogens with one attached hydrogen (secondary N) is 1. The van der Waals surface area contributed by atoms with Crippen LogP contribution in [0.4, 0.5) is 14.5 Å². The van der Waals surface area contributed by atoms with Crippen molar-refractivity contribution in [2.24, 2.45) is 0 Å². The maximum absolute atomic E-state index is 12.4. The summed E-state index contributed by atoms with van der Waals surface area (Å²) in [5.74, 6) is 0. The molecule has 84 valence electrons. The van der Waals surface area contributed by atoms with E-state index in [0.717, 1.165) is 0 Å². The average Bonchev–Trinajstić information content (AvgIpc) is 2.06. The van der Waals surface area contributed by atoms with Gasteiger partial charge in [0.1, 0.15) is 10.6 Å². The van der Waals surface area contributed by atoms with Gasteiger partial charge in [0.2, 0.25) is 0 Å². The second-order valence-electron chi connectivity index (χ2n) is 2.55. The van der Waals surface area contributed by atoms with E-state index in [0.29, 0.717) is 6.20 Å². The summed E-state index contributed by atoms with van der Waals surface area (Å²) in [5, 5.41) is 0. The number of aromatic nitrogens is 1. The topological polar surface area (TPSA) is 93.0 Å². The summed E-state index contributed by atoms with van der Waals surface area (Å²) in [4.78, 5) is 11.8. The predicted octanol–water partition coefficient (Wildman–Crippen LogP) is 0.822. The van der Waals surface area contributed by atoms with Crippen LogP contribution in [0, 0.1) is 0 Å². The highest BCUT2D eigenvalue weighted by Gasteiger charge is 2.26. The molecule has 9 heteroatoms. The maximum Gasteiger partial charge on any atom is 0.272 e. The summed E-state index contributed by atoms with van der Waals surface area (Å²) in [5.41, 5.74) is 2.31. The Morgan fingerprint density at radius 1 is 1.47 bits per heavy atom. The fraction of sp³-hybridized carbons (Fsp3) is 0.167. The van der Waals surface area contributed by atoms with Crippen molar-refractivity contribution in [3.8, 4) is 0 Å². The highest BCUT2D eigenvalue weighted by atomic mass is 35.7. The molecule has 3 N–H and O–H groups in total. The van der Waals surface area contributed by atoms with Crippen molar-refractivity contribution in [3.63, 3.8) is 0 Å². The van der Waals surface area contributed by atoms with Gasteiger partial charge in [-0.1, -0.05) is 0 Å². The maximum atomic E-state index is 12.4. The number of nitrogens with two attached hydrogens (primary N) is 1. The minimum Gasteiger partial charge on any atom is -0.393 e. The van der Waals surface area contributed by atoms with Crippen LogP contribution in [0.15, 0.2) is 15.9 Å². The highest BCUT2D eigenvalue weighted by molar-refractivity contribution is 8.13. The lowest BCUT2D eigenvalue weighted by molar-refractivity contribution is 0.147. The van der Waals surface area contributed by atoms with E-state index in [1.165, 1.54) is 0 Å². The first-order valence-electron chi connectivity index (χ1n) is 3.49. The Bertz CT molecular complexity index is 540. The lowest BCUT2D eigenvalue weighted by atomic mass is 10.3. The number of anilines is 1. The molecule has 0 aliphatic carbocycles. The first-order valence-corrected chi connectivity index (χ1v) is 5.80. The lowest BCUT2D eigenvalue weighted by Crippen LogP contribution is -2.17. The van der Waals surface area contributed by atoms with Gasteiger partial charge in [0.05, 0.1) is 5.56 Å². The smallest absolute Gasteiger partial charge is 0.272 e. The zero-order valence-corrected chi connectivity index (χ0v) is 8.57. The van der Waals surface area contributed by atoms with Crippen molar-refractivity contribution in [1.29, 1.82) is 0 Å². The lowest BCUT2D eigenvalue weighted by Gasteiger charge is -2.07. The number of hydrogen-bond acceptors (Lipinski definition) is 4. The van der Waals surface area contributed by atoms with Gasteiger partial charge < -0.3 is 10.7 Å². The van der Waals surface area contributed by atoms with Gasteiger partial charge in [0, 0.05) is 16.9 Å². The van der Waals surface area contributed by atoms with Crippen molar-refractivity contribution in [2.45, 2.75) is 11.3 Å². The Morgan fingerprint density at radius 3 is 2.40 bits per heavy atom. The summed E-state index contributed by atoms with van der Waals surface area (Å²) in [6, 6.07) is 0. The van der Waals surface area contributed by atoms with Crippen molar-refractivity contribution < 1.29 is 17.2 Å². The van der Waals surface area contributed by atoms with E-state index in [1.807, 2.05) is 4.98 Å². The molecule has 0 radical (unpaired) electrons. The Morgan fingerprint density at radius 2 is 2.00 bits per heavy atom. The number of halogens is 3. The fourth-order valence-electron chi connectivity index (χ4n) is 0.979. The molecule has 1 heterocycles. The summed E-state index contributed by atoms with van der Waals surface area (Å²) in [7, 11) is 0.407. The number of alkyl halides is 2. The van der Waals surface area contributed by atoms with Crippen LogP contribution < -0.4 is 11.3 Å². The standard InChI is InChI=1S/C6H5ClF2N2O3S/c7-15(13,14)4-2(5(8)9)1-11-6(12)3(4)10/h1,5H,10H2,(H,11,12). The monoisotopic (exact) mass is 258 g/mol. The van der Waals surface area contributed by atoms with E-state index in [4.69, 9.17) is 16.4 Å². The molecule has 0 fully saturated rings. The van der Waals surface area contributed by atoms with Crippen molar-refractivity contribution in [2.75, 3.05) is 5.73 Å². The van der Waals surface area contributed by atoms with E-state index < -0.39 is 37.2 Å².